The molecule has 2 heterocycles. The molecule has 0 radical (unpaired) electrons. The Morgan fingerprint density at radius 1 is 0.944 bits per heavy atom. The van der Waals surface area contributed by atoms with Crippen LogP contribution in [0.3, 0.4) is 0 Å². The molecule has 0 unspecified atom stereocenters. The molecular weight excluding hydrogens is 240 g/mol. The number of benzene rings is 1. The first-order valence-electron chi connectivity index (χ1n) is 7.12. The molecule has 1 fully saturated rings. The van der Waals surface area contributed by atoms with E-state index in [1.807, 2.05) is 11.8 Å². The van der Waals surface area contributed by atoms with Crippen LogP contribution in [0.15, 0.2) is 29.2 Å². The van der Waals surface area contributed by atoms with E-state index >= 15 is 0 Å². The number of fused-ring (bicyclic) bond motifs is 1. The number of rotatable bonds is 3. The Labute approximate surface area is 114 Å². The summed E-state index contributed by atoms with van der Waals surface area (Å²) in [5, 5.41) is 0. The van der Waals surface area contributed by atoms with Crippen LogP contribution in [0, 0.1) is 0 Å². The third kappa shape index (κ3) is 2.83. The number of anilines is 1. The Kier molecular flexibility index (Phi) is 4.11. The van der Waals surface area contributed by atoms with Crippen molar-refractivity contribution in [1.29, 1.82) is 0 Å². The smallest absolute Gasteiger partial charge is 0.0505 e. The van der Waals surface area contributed by atoms with Gasteiger partial charge in [0.25, 0.3) is 0 Å². The van der Waals surface area contributed by atoms with Crippen molar-refractivity contribution in [2.24, 2.45) is 0 Å². The van der Waals surface area contributed by atoms with Crippen molar-refractivity contribution in [2.45, 2.75) is 24.2 Å². The van der Waals surface area contributed by atoms with Crippen LogP contribution in [0.25, 0.3) is 0 Å². The first-order valence-corrected chi connectivity index (χ1v) is 8.11. The van der Waals surface area contributed by atoms with Gasteiger partial charge in [-0.05, 0) is 38.1 Å². The quantitative estimate of drug-likeness (QED) is 0.826. The van der Waals surface area contributed by atoms with Gasteiger partial charge in [0.2, 0.25) is 0 Å². The molecule has 2 aliphatic rings. The Bertz CT molecular complexity index is 388. The summed E-state index contributed by atoms with van der Waals surface area (Å²) in [6, 6.07) is 8.85. The van der Waals surface area contributed by atoms with Crippen molar-refractivity contribution in [3.63, 3.8) is 0 Å². The lowest BCUT2D eigenvalue weighted by molar-refractivity contribution is 0.233. The van der Waals surface area contributed by atoms with Gasteiger partial charge in [-0.15, -0.1) is 11.8 Å². The molecule has 1 saturated heterocycles. The van der Waals surface area contributed by atoms with Crippen LogP contribution in [0.5, 0.6) is 0 Å². The summed E-state index contributed by atoms with van der Waals surface area (Å²) >= 11 is 2.00. The summed E-state index contributed by atoms with van der Waals surface area (Å²) in [6.45, 7) is 6.25. The number of hydrogen-bond donors (Lipinski definition) is 0. The first kappa shape index (κ1) is 12.4. The average molecular weight is 262 g/mol. The van der Waals surface area contributed by atoms with E-state index in [0.29, 0.717) is 0 Å². The number of piperidine rings is 1. The fourth-order valence-electron chi connectivity index (χ4n) is 2.90. The van der Waals surface area contributed by atoms with Crippen molar-refractivity contribution in [2.75, 3.05) is 43.4 Å². The van der Waals surface area contributed by atoms with Crippen molar-refractivity contribution < 1.29 is 0 Å². The number of nitrogens with zero attached hydrogens (tertiary/aromatic N) is 2. The SMILES string of the molecule is c1ccc2c(c1)SCCN2CCN1CCCCC1. The molecule has 18 heavy (non-hydrogen) atoms. The van der Waals surface area contributed by atoms with Crippen LogP contribution in [0.4, 0.5) is 5.69 Å². The van der Waals surface area contributed by atoms with Crippen LogP contribution in [0.1, 0.15) is 19.3 Å². The second-order valence-corrected chi connectivity index (χ2v) is 6.34. The lowest BCUT2D eigenvalue weighted by Gasteiger charge is -2.34. The zero-order valence-electron chi connectivity index (χ0n) is 11.0. The fraction of sp³-hybridized carbons (Fsp3) is 0.600. The molecule has 0 saturated carbocycles. The molecule has 98 valence electrons. The summed E-state index contributed by atoms with van der Waals surface area (Å²) in [6.07, 6.45) is 4.22. The number of para-hydroxylation sites is 1. The van der Waals surface area contributed by atoms with Crippen molar-refractivity contribution in [1.82, 2.24) is 4.90 Å². The first-order chi connectivity index (χ1) is 8.93. The highest BCUT2D eigenvalue weighted by Gasteiger charge is 2.18. The van der Waals surface area contributed by atoms with E-state index < -0.39 is 0 Å². The fourth-order valence-corrected chi connectivity index (χ4v) is 3.96. The maximum atomic E-state index is 2.63. The van der Waals surface area contributed by atoms with Crippen LogP contribution in [-0.4, -0.2) is 43.4 Å². The molecule has 0 N–H and O–H groups in total. The van der Waals surface area contributed by atoms with Gasteiger partial charge in [0.1, 0.15) is 0 Å². The van der Waals surface area contributed by atoms with Crippen molar-refractivity contribution >= 4 is 17.4 Å². The maximum absolute atomic E-state index is 2.63. The third-order valence-electron chi connectivity index (χ3n) is 3.96. The van der Waals surface area contributed by atoms with E-state index in [4.69, 9.17) is 0 Å². The summed E-state index contributed by atoms with van der Waals surface area (Å²) in [5.41, 5.74) is 1.45. The van der Waals surface area contributed by atoms with Gasteiger partial charge in [0.05, 0.1) is 5.69 Å². The van der Waals surface area contributed by atoms with Gasteiger partial charge in [-0.25, -0.2) is 0 Å². The van der Waals surface area contributed by atoms with Crippen molar-refractivity contribution in [3.8, 4) is 0 Å². The molecule has 3 heteroatoms. The van der Waals surface area contributed by atoms with Gasteiger partial charge in [0.15, 0.2) is 0 Å². The number of likely N-dealkylation sites (tertiary alicyclic amines) is 1. The van der Waals surface area contributed by atoms with Crippen LogP contribution in [0.2, 0.25) is 0 Å². The molecule has 0 aliphatic carbocycles. The van der Waals surface area contributed by atoms with Gasteiger partial charge < -0.3 is 9.80 Å². The molecule has 0 amide bonds. The highest BCUT2D eigenvalue weighted by molar-refractivity contribution is 7.99. The van der Waals surface area contributed by atoms with E-state index in [9.17, 15) is 0 Å². The van der Waals surface area contributed by atoms with Crippen LogP contribution < -0.4 is 4.90 Å². The van der Waals surface area contributed by atoms with Gasteiger partial charge in [-0.1, -0.05) is 18.6 Å². The maximum Gasteiger partial charge on any atom is 0.0505 e. The van der Waals surface area contributed by atoms with E-state index in [1.54, 1.807) is 0 Å². The Morgan fingerprint density at radius 3 is 2.67 bits per heavy atom. The summed E-state index contributed by atoms with van der Waals surface area (Å²) < 4.78 is 0. The second kappa shape index (κ2) is 5.98. The normalized spacial score (nSPS) is 20.8. The van der Waals surface area contributed by atoms with E-state index in [2.05, 4.69) is 34.1 Å². The lowest BCUT2D eigenvalue weighted by Crippen LogP contribution is -2.39. The Morgan fingerprint density at radius 2 is 1.78 bits per heavy atom. The van der Waals surface area contributed by atoms with E-state index in [1.165, 1.54) is 68.3 Å². The number of thioether (sulfide) groups is 1. The molecule has 2 nitrogen and oxygen atoms in total. The average Bonchev–Trinajstić information content (AvgIpc) is 2.46. The summed E-state index contributed by atoms with van der Waals surface area (Å²) in [5.74, 6) is 1.23. The molecule has 0 atom stereocenters. The summed E-state index contributed by atoms with van der Waals surface area (Å²) in [4.78, 5) is 6.66. The molecule has 1 aromatic rings. The van der Waals surface area contributed by atoms with Gasteiger partial charge in [0, 0.05) is 30.3 Å². The van der Waals surface area contributed by atoms with Gasteiger partial charge in [-0.3, -0.25) is 0 Å². The molecule has 0 aromatic heterocycles. The van der Waals surface area contributed by atoms with Gasteiger partial charge in [-0.2, -0.15) is 0 Å². The Hall–Kier alpha value is -0.670. The van der Waals surface area contributed by atoms with E-state index in [-0.39, 0.29) is 0 Å². The predicted octanol–water partition coefficient (Wildman–Crippen LogP) is 3.08. The highest BCUT2D eigenvalue weighted by atomic mass is 32.2. The molecule has 0 bridgehead atoms. The van der Waals surface area contributed by atoms with Crippen LogP contribution >= 0.6 is 11.8 Å². The van der Waals surface area contributed by atoms with E-state index in [0.717, 1.165) is 0 Å². The zero-order valence-corrected chi connectivity index (χ0v) is 11.8. The number of hydrogen-bond acceptors (Lipinski definition) is 3. The molecule has 0 spiro atoms. The predicted molar refractivity (Wildman–Crippen MR) is 79.7 cm³/mol. The van der Waals surface area contributed by atoms with Crippen LogP contribution in [-0.2, 0) is 0 Å². The van der Waals surface area contributed by atoms with Gasteiger partial charge >= 0.3 is 0 Å². The Balaban J connectivity index is 1.60. The lowest BCUT2D eigenvalue weighted by atomic mass is 10.1. The minimum Gasteiger partial charge on any atom is -0.369 e. The highest BCUT2D eigenvalue weighted by Crippen LogP contribution is 2.33. The van der Waals surface area contributed by atoms with Crippen molar-refractivity contribution in [3.05, 3.63) is 24.3 Å². The summed E-state index contributed by atoms with van der Waals surface area (Å²) in [7, 11) is 0. The second-order valence-electron chi connectivity index (χ2n) is 5.21. The minimum atomic E-state index is 1.19. The molecule has 2 aliphatic heterocycles. The molecular formula is C15H22N2S. The molecule has 3 rings (SSSR count). The minimum absolute atomic E-state index is 1.19. The standard InChI is InChI=1S/C15H22N2S/c1-4-8-16(9-5-1)10-11-17-12-13-18-15-7-3-2-6-14(15)17/h2-3,6-7H,1,4-5,8-13H2. The monoisotopic (exact) mass is 262 g/mol. The third-order valence-corrected chi connectivity index (χ3v) is 5.00. The molecule has 1 aromatic carbocycles. The topological polar surface area (TPSA) is 6.48 Å². The zero-order chi connectivity index (χ0) is 12.2. The largest absolute Gasteiger partial charge is 0.369 e.